The van der Waals surface area contributed by atoms with Crippen molar-refractivity contribution in [3.8, 4) is 11.5 Å². The van der Waals surface area contributed by atoms with Gasteiger partial charge in [0.05, 0.1) is 10.9 Å². The maximum absolute atomic E-state index is 10.9. The summed E-state index contributed by atoms with van der Waals surface area (Å²) in [6.45, 7) is 5.05. The Bertz CT molecular complexity index is 530. The van der Waals surface area contributed by atoms with Crippen LogP contribution in [-0.4, -0.2) is 24.3 Å². The molecule has 0 fully saturated rings. The van der Waals surface area contributed by atoms with Crippen LogP contribution >= 0.6 is 15.9 Å². The lowest BCUT2D eigenvalue weighted by atomic mass is 9.91. The van der Waals surface area contributed by atoms with E-state index >= 15 is 0 Å². The quantitative estimate of drug-likeness (QED) is 0.878. The van der Waals surface area contributed by atoms with Crippen molar-refractivity contribution in [3.63, 3.8) is 0 Å². The number of halogens is 1. The van der Waals surface area contributed by atoms with E-state index in [1.54, 1.807) is 0 Å². The zero-order valence-corrected chi connectivity index (χ0v) is 13.1. The summed E-state index contributed by atoms with van der Waals surface area (Å²) < 4.78 is 12.0. The normalized spacial score (nSPS) is 15.2. The molecule has 0 aliphatic carbocycles. The fourth-order valence-corrected chi connectivity index (χ4v) is 3.37. The van der Waals surface area contributed by atoms with E-state index in [9.17, 15) is 4.79 Å². The second-order valence-corrected chi connectivity index (χ2v) is 5.87. The van der Waals surface area contributed by atoms with E-state index in [4.69, 9.17) is 20.3 Å². The Balaban J connectivity index is 2.54. The van der Waals surface area contributed by atoms with Gasteiger partial charge in [-0.05, 0) is 39.0 Å². The minimum atomic E-state index is -0.918. The van der Waals surface area contributed by atoms with Crippen LogP contribution in [0.3, 0.4) is 0 Å². The Labute approximate surface area is 126 Å². The number of carboxylic acids is 1. The van der Waals surface area contributed by atoms with Crippen LogP contribution in [0.5, 0.6) is 11.5 Å². The molecule has 1 unspecified atom stereocenters. The fraction of sp³-hybridized carbons (Fsp3) is 0.500. The number of benzene rings is 1. The molecular weight excluding hydrogens is 326 g/mol. The van der Waals surface area contributed by atoms with E-state index in [2.05, 4.69) is 15.9 Å². The van der Waals surface area contributed by atoms with Crippen LogP contribution in [0.15, 0.2) is 10.5 Å². The molecule has 0 bridgehead atoms. The van der Waals surface area contributed by atoms with Crippen molar-refractivity contribution in [2.75, 3.05) is 13.2 Å². The Morgan fingerprint density at radius 3 is 2.70 bits per heavy atom. The van der Waals surface area contributed by atoms with Gasteiger partial charge in [0.2, 0.25) is 0 Å². The van der Waals surface area contributed by atoms with Gasteiger partial charge in [-0.1, -0.05) is 13.8 Å². The van der Waals surface area contributed by atoms with Crippen molar-refractivity contribution >= 4 is 21.9 Å². The number of fused-ring (bicyclic) bond motifs is 1. The van der Waals surface area contributed by atoms with Crippen LogP contribution in [0, 0.1) is 0 Å². The third kappa shape index (κ3) is 2.91. The third-order valence-corrected chi connectivity index (χ3v) is 4.00. The molecule has 0 amide bonds. The monoisotopic (exact) mass is 343 g/mol. The molecule has 1 atom stereocenters. The van der Waals surface area contributed by atoms with Gasteiger partial charge >= 0.3 is 5.97 Å². The Kier molecular flexibility index (Phi) is 4.55. The standard InChI is InChI=1S/C14H18BrNO4/c1-7(2)12-8(9(16)6-11(17)18)5-10-14(13(12)15)20-4-3-19-10/h5,7,9H,3-4,6,16H2,1-2H3,(H,17,18). The highest BCUT2D eigenvalue weighted by Gasteiger charge is 2.26. The lowest BCUT2D eigenvalue weighted by Gasteiger charge is -2.26. The predicted octanol–water partition coefficient (Wildman–Crippen LogP) is 2.82. The zero-order chi connectivity index (χ0) is 14.9. The molecular formula is C14H18BrNO4. The van der Waals surface area contributed by atoms with Gasteiger partial charge < -0.3 is 20.3 Å². The summed E-state index contributed by atoms with van der Waals surface area (Å²) in [5.41, 5.74) is 7.80. The van der Waals surface area contributed by atoms with Crippen LogP contribution < -0.4 is 15.2 Å². The first kappa shape index (κ1) is 15.1. The first-order valence-electron chi connectivity index (χ1n) is 6.51. The molecule has 0 saturated heterocycles. The molecule has 1 heterocycles. The minimum Gasteiger partial charge on any atom is -0.486 e. The topological polar surface area (TPSA) is 81.8 Å². The molecule has 0 radical (unpaired) electrons. The number of aliphatic carboxylic acids is 1. The van der Waals surface area contributed by atoms with Crippen LogP contribution in [0.1, 0.15) is 43.4 Å². The van der Waals surface area contributed by atoms with Crippen molar-refractivity contribution in [1.29, 1.82) is 0 Å². The average molecular weight is 344 g/mol. The maximum Gasteiger partial charge on any atom is 0.305 e. The van der Waals surface area contributed by atoms with E-state index in [1.165, 1.54) is 0 Å². The summed E-state index contributed by atoms with van der Waals surface area (Å²) in [7, 11) is 0. The lowest BCUT2D eigenvalue weighted by molar-refractivity contribution is -0.137. The van der Waals surface area contributed by atoms with Crippen molar-refractivity contribution in [2.24, 2.45) is 5.73 Å². The average Bonchev–Trinajstić information content (AvgIpc) is 2.37. The van der Waals surface area contributed by atoms with Crippen molar-refractivity contribution in [1.82, 2.24) is 0 Å². The van der Waals surface area contributed by atoms with Gasteiger partial charge in [0.25, 0.3) is 0 Å². The van der Waals surface area contributed by atoms with Crippen molar-refractivity contribution in [2.45, 2.75) is 32.2 Å². The van der Waals surface area contributed by atoms with Crippen LogP contribution in [0.4, 0.5) is 0 Å². The first-order valence-corrected chi connectivity index (χ1v) is 7.30. The maximum atomic E-state index is 10.9. The number of ether oxygens (including phenoxy) is 2. The molecule has 2 rings (SSSR count). The van der Waals surface area contributed by atoms with Gasteiger partial charge in [0.1, 0.15) is 13.2 Å². The second kappa shape index (κ2) is 6.01. The highest BCUT2D eigenvalue weighted by Crippen LogP contribution is 2.45. The molecule has 1 aromatic rings. The number of rotatable bonds is 4. The lowest BCUT2D eigenvalue weighted by Crippen LogP contribution is -2.21. The molecule has 5 nitrogen and oxygen atoms in total. The van der Waals surface area contributed by atoms with E-state index in [0.29, 0.717) is 24.7 Å². The molecule has 1 aliphatic rings. The summed E-state index contributed by atoms with van der Waals surface area (Å²) in [4.78, 5) is 10.9. The van der Waals surface area contributed by atoms with E-state index in [1.807, 2.05) is 19.9 Å². The first-order chi connectivity index (χ1) is 9.41. The molecule has 110 valence electrons. The van der Waals surface area contributed by atoms with Gasteiger partial charge in [-0.2, -0.15) is 0 Å². The number of hydrogen-bond acceptors (Lipinski definition) is 4. The summed E-state index contributed by atoms with van der Waals surface area (Å²) in [5.74, 6) is 0.558. The molecule has 6 heteroatoms. The summed E-state index contributed by atoms with van der Waals surface area (Å²) >= 11 is 3.54. The van der Waals surface area contributed by atoms with Crippen LogP contribution in [0.25, 0.3) is 0 Å². The van der Waals surface area contributed by atoms with Gasteiger partial charge in [0, 0.05) is 6.04 Å². The zero-order valence-electron chi connectivity index (χ0n) is 11.5. The van der Waals surface area contributed by atoms with Crippen LogP contribution in [0.2, 0.25) is 0 Å². The predicted molar refractivity (Wildman–Crippen MR) is 78.4 cm³/mol. The Morgan fingerprint density at radius 2 is 2.10 bits per heavy atom. The Hall–Kier alpha value is -1.27. The Morgan fingerprint density at radius 1 is 1.45 bits per heavy atom. The number of carbonyl (C=O) groups is 1. The number of carboxylic acid groups (broad SMARTS) is 1. The smallest absolute Gasteiger partial charge is 0.305 e. The van der Waals surface area contributed by atoms with Gasteiger partial charge in [-0.3, -0.25) is 4.79 Å². The van der Waals surface area contributed by atoms with E-state index < -0.39 is 12.0 Å². The summed E-state index contributed by atoms with van der Waals surface area (Å²) in [5, 5.41) is 8.93. The number of hydrogen-bond donors (Lipinski definition) is 2. The highest BCUT2D eigenvalue weighted by molar-refractivity contribution is 9.10. The molecule has 1 aromatic carbocycles. The van der Waals surface area contributed by atoms with E-state index in [0.717, 1.165) is 15.6 Å². The second-order valence-electron chi connectivity index (χ2n) is 5.08. The molecule has 20 heavy (non-hydrogen) atoms. The van der Waals surface area contributed by atoms with Crippen molar-refractivity contribution < 1.29 is 19.4 Å². The van der Waals surface area contributed by atoms with Gasteiger partial charge in [-0.25, -0.2) is 0 Å². The number of nitrogens with two attached hydrogens (primary N) is 1. The molecule has 1 aliphatic heterocycles. The SMILES string of the molecule is CC(C)c1c(C(N)CC(=O)O)cc2c(c1Br)OCCO2. The molecule has 0 saturated carbocycles. The highest BCUT2D eigenvalue weighted by atomic mass is 79.9. The van der Waals surface area contributed by atoms with Gasteiger partial charge in [-0.15, -0.1) is 0 Å². The minimum absolute atomic E-state index is 0.119. The summed E-state index contributed by atoms with van der Waals surface area (Å²) in [6.07, 6.45) is -0.119. The van der Waals surface area contributed by atoms with Crippen molar-refractivity contribution in [3.05, 3.63) is 21.7 Å². The molecule has 0 spiro atoms. The fourth-order valence-electron chi connectivity index (χ4n) is 2.37. The molecule has 0 aromatic heterocycles. The summed E-state index contributed by atoms with van der Waals surface area (Å²) in [6, 6.07) is 1.24. The largest absolute Gasteiger partial charge is 0.486 e. The third-order valence-electron chi connectivity index (χ3n) is 3.22. The van der Waals surface area contributed by atoms with Gasteiger partial charge in [0.15, 0.2) is 11.5 Å². The van der Waals surface area contributed by atoms with Crippen LogP contribution in [-0.2, 0) is 4.79 Å². The van der Waals surface area contributed by atoms with E-state index in [-0.39, 0.29) is 12.3 Å². The molecule has 3 N–H and O–H groups in total.